The lowest BCUT2D eigenvalue weighted by Gasteiger charge is -2.18. The van der Waals surface area contributed by atoms with E-state index in [9.17, 15) is 14.4 Å². The minimum atomic E-state index is -0.796. The summed E-state index contributed by atoms with van der Waals surface area (Å²) in [6.45, 7) is 6.41. The molecule has 6 heteroatoms. The zero-order valence-electron chi connectivity index (χ0n) is 49.8. The van der Waals surface area contributed by atoms with Gasteiger partial charge in [-0.2, -0.15) is 0 Å². The van der Waals surface area contributed by atoms with Gasteiger partial charge in [0.05, 0.1) is 0 Å². The van der Waals surface area contributed by atoms with Crippen LogP contribution >= 0.6 is 0 Å². The fourth-order valence-corrected chi connectivity index (χ4v) is 9.42. The Labute approximate surface area is 465 Å². The van der Waals surface area contributed by atoms with Crippen LogP contribution in [0.4, 0.5) is 0 Å². The van der Waals surface area contributed by atoms with Gasteiger partial charge in [-0.15, -0.1) is 0 Å². The first-order valence-electron chi connectivity index (χ1n) is 32.4. The van der Waals surface area contributed by atoms with Crippen LogP contribution in [-0.2, 0) is 28.6 Å². The highest BCUT2D eigenvalue weighted by Gasteiger charge is 2.19. The molecule has 0 rings (SSSR count). The van der Waals surface area contributed by atoms with Gasteiger partial charge in [0, 0.05) is 19.3 Å². The third-order valence-corrected chi connectivity index (χ3v) is 14.2. The number of esters is 3. The zero-order valence-corrected chi connectivity index (χ0v) is 49.8. The predicted molar refractivity (Wildman–Crippen MR) is 325 cm³/mol. The molecule has 0 aliphatic carbocycles. The number of unbranched alkanes of at least 4 members (excludes halogenated alkanes) is 36. The summed E-state index contributed by atoms with van der Waals surface area (Å²) < 4.78 is 16.9. The van der Waals surface area contributed by atoms with E-state index in [4.69, 9.17) is 14.2 Å². The van der Waals surface area contributed by atoms with Crippen LogP contribution < -0.4 is 0 Å². The van der Waals surface area contributed by atoms with Gasteiger partial charge in [0.15, 0.2) is 6.10 Å². The van der Waals surface area contributed by atoms with E-state index in [1.807, 2.05) is 0 Å². The number of ether oxygens (including phenoxy) is 3. The summed E-state index contributed by atoms with van der Waals surface area (Å²) in [5.41, 5.74) is 0. The summed E-state index contributed by atoms with van der Waals surface area (Å²) in [4.78, 5) is 38.2. The Balaban J connectivity index is 4.18. The molecular formula is C69H122O6. The van der Waals surface area contributed by atoms with Crippen molar-refractivity contribution in [3.05, 3.63) is 72.9 Å². The van der Waals surface area contributed by atoms with Crippen molar-refractivity contribution in [3.8, 4) is 0 Å². The normalized spacial score (nSPS) is 12.5. The Morgan fingerprint density at radius 3 is 0.827 bits per heavy atom. The molecule has 0 aliphatic rings. The zero-order chi connectivity index (χ0) is 54.3. The van der Waals surface area contributed by atoms with Crippen LogP contribution in [-0.4, -0.2) is 37.2 Å². The van der Waals surface area contributed by atoms with Crippen molar-refractivity contribution in [3.63, 3.8) is 0 Å². The van der Waals surface area contributed by atoms with Crippen LogP contribution in [0, 0.1) is 0 Å². The molecular weight excluding hydrogens is 925 g/mol. The highest BCUT2D eigenvalue weighted by Crippen LogP contribution is 2.18. The maximum atomic E-state index is 12.9. The van der Waals surface area contributed by atoms with Gasteiger partial charge in [-0.1, -0.05) is 299 Å². The monoisotopic (exact) mass is 1050 g/mol. The third kappa shape index (κ3) is 61.6. The second-order valence-corrected chi connectivity index (χ2v) is 21.6. The van der Waals surface area contributed by atoms with Crippen LogP contribution in [0.3, 0.4) is 0 Å². The van der Waals surface area contributed by atoms with Gasteiger partial charge in [-0.25, -0.2) is 0 Å². The first-order chi connectivity index (χ1) is 37.0. The molecule has 1 unspecified atom stereocenters. The summed E-state index contributed by atoms with van der Waals surface area (Å²) in [7, 11) is 0. The van der Waals surface area contributed by atoms with Crippen molar-refractivity contribution in [2.24, 2.45) is 0 Å². The number of rotatable bonds is 59. The molecule has 75 heavy (non-hydrogen) atoms. The van der Waals surface area contributed by atoms with Crippen molar-refractivity contribution < 1.29 is 28.6 Å². The average Bonchev–Trinajstić information content (AvgIpc) is 3.41. The quantitative estimate of drug-likeness (QED) is 0.0261. The molecule has 0 saturated carbocycles. The minimum absolute atomic E-state index is 0.0897. The van der Waals surface area contributed by atoms with E-state index >= 15 is 0 Å². The Morgan fingerprint density at radius 2 is 0.520 bits per heavy atom. The molecule has 0 amide bonds. The van der Waals surface area contributed by atoms with Crippen LogP contribution in [0.25, 0.3) is 0 Å². The third-order valence-electron chi connectivity index (χ3n) is 14.2. The van der Waals surface area contributed by atoms with Crippen LogP contribution in [0.5, 0.6) is 0 Å². The molecule has 0 radical (unpaired) electrons. The first kappa shape index (κ1) is 71.8. The summed E-state index contributed by atoms with van der Waals surface area (Å²) >= 11 is 0. The van der Waals surface area contributed by atoms with Gasteiger partial charge in [-0.05, 0) is 83.5 Å². The molecule has 0 heterocycles. The van der Waals surface area contributed by atoms with E-state index in [0.717, 1.165) is 122 Å². The van der Waals surface area contributed by atoms with Crippen LogP contribution in [0.1, 0.15) is 329 Å². The summed E-state index contributed by atoms with van der Waals surface area (Å²) in [5, 5.41) is 0. The number of hydrogen-bond donors (Lipinski definition) is 0. The van der Waals surface area contributed by atoms with Crippen molar-refractivity contribution in [1.82, 2.24) is 0 Å². The Kier molecular flexibility index (Phi) is 60.7. The summed E-state index contributed by atoms with van der Waals surface area (Å²) in [6.07, 6.45) is 82.3. The largest absolute Gasteiger partial charge is 0.462 e. The first-order valence-corrected chi connectivity index (χ1v) is 32.4. The van der Waals surface area contributed by atoms with Crippen molar-refractivity contribution >= 4 is 17.9 Å². The van der Waals surface area contributed by atoms with E-state index < -0.39 is 6.10 Å². The molecule has 0 N–H and O–H groups in total. The Morgan fingerprint density at radius 1 is 0.280 bits per heavy atom. The summed E-state index contributed by atoms with van der Waals surface area (Å²) in [5.74, 6) is -0.925. The standard InChI is InChI=1S/C69H122O6/c1-4-7-10-13-16-19-22-25-27-28-29-30-31-32-33-34-35-36-37-38-39-40-42-44-47-50-53-56-59-62-68(71)74-65-66(64-73-67(70)61-58-55-52-49-46-43-24-21-18-15-12-9-6-3)75-69(72)63-60-57-54-51-48-45-41-26-23-20-17-14-11-8-5-2/h8-9,11-12,17-18,20-21,26,41,43,46,66H,4-7,10,13-16,19,22-25,27-40,42,44-45,47-65H2,1-3H3/b11-8-,12-9-,20-17-,21-18-,41-26-,46-43-. The van der Waals surface area contributed by atoms with Crippen LogP contribution in [0.2, 0.25) is 0 Å². The van der Waals surface area contributed by atoms with Gasteiger partial charge < -0.3 is 14.2 Å². The number of carbonyl (C=O) groups is 3. The van der Waals surface area contributed by atoms with Gasteiger partial charge in [0.2, 0.25) is 0 Å². The molecule has 434 valence electrons. The molecule has 0 aromatic heterocycles. The topological polar surface area (TPSA) is 78.9 Å². The van der Waals surface area contributed by atoms with Gasteiger partial charge in [-0.3, -0.25) is 14.4 Å². The molecule has 6 nitrogen and oxygen atoms in total. The molecule has 0 fully saturated rings. The van der Waals surface area contributed by atoms with Gasteiger partial charge in [0.1, 0.15) is 13.2 Å². The molecule has 0 spiro atoms. The maximum absolute atomic E-state index is 12.9. The number of allylic oxidation sites excluding steroid dienone is 12. The molecule has 0 aromatic rings. The lowest BCUT2D eigenvalue weighted by atomic mass is 10.0. The summed E-state index contributed by atoms with van der Waals surface area (Å²) in [6, 6.07) is 0. The van der Waals surface area contributed by atoms with E-state index in [1.165, 1.54) is 167 Å². The Bertz CT molecular complexity index is 1390. The van der Waals surface area contributed by atoms with E-state index in [0.29, 0.717) is 19.3 Å². The molecule has 0 aliphatic heterocycles. The SMILES string of the molecule is CC/C=C\C/C=C\C/C=C\CCCCCCCC(=O)OC(COC(=O)CCCCC/C=C\C/C=C\C/C=C\CC)COC(=O)CCCCCCCCCCCCCCCCCCCCCCCCCCCCCCC. The van der Waals surface area contributed by atoms with Gasteiger partial charge in [0.25, 0.3) is 0 Å². The number of hydrogen-bond acceptors (Lipinski definition) is 6. The van der Waals surface area contributed by atoms with Gasteiger partial charge >= 0.3 is 17.9 Å². The van der Waals surface area contributed by atoms with Crippen LogP contribution in [0.15, 0.2) is 72.9 Å². The molecule has 0 aromatic carbocycles. The molecule has 1 atom stereocenters. The predicted octanol–water partition coefficient (Wildman–Crippen LogP) is 22.1. The maximum Gasteiger partial charge on any atom is 0.306 e. The second kappa shape index (κ2) is 63.4. The Hall–Kier alpha value is -3.15. The van der Waals surface area contributed by atoms with E-state index in [-0.39, 0.29) is 31.1 Å². The van der Waals surface area contributed by atoms with E-state index in [1.54, 1.807) is 0 Å². The van der Waals surface area contributed by atoms with Crippen molar-refractivity contribution in [2.45, 2.75) is 335 Å². The smallest absolute Gasteiger partial charge is 0.306 e. The fourth-order valence-electron chi connectivity index (χ4n) is 9.42. The average molecular weight is 1050 g/mol. The van der Waals surface area contributed by atoms with Crippen molar-refractivity contribution in [2.75, 3.05) is 13.2 Å². The van der Waals surface area contributed by atoms with Crippen molar-refractivity contribution in [1.29, 1.82) is 0 Å². The lowest BCUT2D eigenvalue weighted by Crippen LogP contribution is -2.30. The number of carbonyl (C=O) groups excluding carboxylic acids is 3. The minimum Gasteiger partial charge on any atom is -0.462 e. The lowest BCUT2D eigenvalue weighted by molar-refractivity contribution is -0.167. The van der Waals surface area contributed by atoms with E-state index in [2.05, 4.69) is 93.7 Å². The highest BCUT2D eigenvalue weighted by molar-refractivity contribution is 5.71. The highest BCUT2D eigenvalue weighted by atomic mass is 16.6. The molecule has 0 bridgehead atoms. The molecule has 0 saturated heterocycles. The second-order valence-electron chi connectivity index (χ2n) is 21.6. The fraction of sp³-hybridized carbons (Fsp3) is 0.783.